The van der Waals surface area contributed by atoms with Crippen molar-refractivity contribution >= 4 is 37.6 Å². The van der Waals surface area contributed by atoms with Gasteiger partial charge in [-0.2, -0.15) is 17.2 Å². The van der Waals surface area contributed by atoms with Crippen LogP contribution in [0.3, 0.4) is 0 Å². The van der Waals surface area contributed by atoms with Gasteiger partial charge in [0.05, 0.1) is 5.56 Å². The number of alkyl halides is 2. The van der Waals surface area contributed by atoms with Gasteiger partial charge in [-0.25, -0.2) is 4.79 Å². The number of carbonyl (C=O) groups excluding carboxylic acids is 1. The highest BCUT2D eigenvalue weighted by molar-refractivity contribution is 7.86. The number of hydrogen-bond donors (Lipinski definition) is 1. The summed E-state index contributed by atoms with van der Waals surface area (Å²) in [5.74, 6) is -1.10. The monoisotopic (exact) mass is 380 g/mol. The molecule has 0 radical (unpaired) electrons. The summed E-state index contributed by atoms with van der Waals surface area (Å²) in [4.78, 5) is 12.6. The van der Waals surface area contributed by atoms with Crippen molar-refractivity contribution in [1.29, 1.82) is 0 Å². The van der Waals surface area contributed by atoms with E-state index in [0.717, 1.165) is 0 Å². The van der Waals surface area contributed by atoms with Crippen LogP contribution in [0.1, 0.15) is 17.3 Å². The average Bonchev–Trinajstić information content (AvgIpc) is 2.58. The summed E-state index contributed by atoms with van der Waals surface area (Å²) in [6.07, 6.45) is -2.37. The molecular formula is C18H14F2O5S. The van der Waals surface area contributed by atoms with E-state index in [-0.39, 0.29) is 5.56 Å². The molecule has 0 saturated carbocycles. The molecule has 5 nitrogen and oxygen atoms in total. The molecule has 0 heterocycles. The number of ether oxygens (including phenoxy) is 1. The quantitative estimate of drug-likeness (QED) is 0.420. The zero-order valence-electron chi connectivity index (χ0n) is 13.5. The molecule has 136 valence electrons. The zero-order chi connectivity index (χ0) is 19.1. The van der Waals surface area contributed by atoms with Crippen LogP contribution in [0.5, 0.6) is 0 Å². The van der Waals surface area contributed by atoms with Crippen LogP contribution in [0, 0.1) is 0 Å². The molecule has 1 N–H and O–H groups in total. The third kappa shape index (κ3) is 3.02. The van der Waals surface area contributed by atoms with Crippen molar-refractivity contribution in [2.75, 3.05) is 0 Å². The Labute approximate surface area is 147 Å². The van der Waals surface area contributed by atoms with E-state index in [1.165, 1.54) is 0 Å². The summed E-state index contributed by atoms with van der Waals surface area (Å²) in [6, 6.07) is 15.5. The molecule has 3 aromatic rings. The summed E-state index contributed by atoms with van der Waals surface area (Å²) in [5.41, 5.74) is 0.0525. The molecule has 0 bridgehead atoms. The minimum atomic E-state index is -5.72. The van der Waals surface area contributed by atoms with Gasteiger partial charge in [-0.15, -0.1) is 0 Å². The van der Waals surface area contributed by atoms with Crippen molar-refractivity contribution in [3.05, 3.63) is 60.2 Å². The van der Waals surface area contributed by atoms with E-state index < -0.39 is 27.4 Å². The first kappa shape index (κ1) is 18.2. The lowest BCUT2D eigenvalue weighted by atomic mass is 9.97. The van der Waals surface area contributed by atoms with Crippen molar-refractivity contribution in [1.82, 2.24) is 0 Å². The standard InChI is InChI=1S/C18H14F2O5S/c1-11(18(19,20)26(22,23)24)25-17(21)16-14-8-4-2-6-12(14)10-13-7-3-5-9-15(13)16/h2-11H,1H3,(H,22,23,24). The number of rotatable bonds is 4. The minimum Gasteiger partial charge on any atom is -0.451 e. The second-order valence-electron chi connectivity index (χ2n) is 5.78. The number of fused-ring (bicyclic) bond motifs is 2. The van der Waals surface area contributed by atoms with Crippen LogP contribution in [0.4, 0.5) is 8.78 Å². The fraction of sp³-hybridized carbons (Fsp3) is 0.167. The second kappa shape index (κ2) is 6.30. The van der Waals surface area contributed by atoms with Gasteiger partial charge in [-0.3, -0.25) is 4.55 Å². The first-order chi connectivity index (χ1) is 12.1. The van der Waals surface area contributed by atoms with Gasteiger partial charge >= 0.3 is 21.3 Å². The molecule has 0 aliphatic carbocycles. The molecule has 0 spiro atoms. The van der Waals surface area contributed by atoms with E-state index in [1.54, 1.807) is 48.5 Å². The fourth-order valence-electron chi connectivity index (χ4n) is 2.73. The molecule has 0 fully saturated rings. The topological polar surface area (TPSA) is 80.7 Å². The third-order valence-electron chi connectivity index (χ3n) is 4.08. The minimum absolute atomic E-state index is 0.0525. The predicted molar refractivity (Wildman–Crippen MR) is 92.8 cm³/mol. The second-order valence-corrected chi connectivity index (χ2v) is 7.27. The van der Waals surface area contributed by atoms with Crippen LogP contribution >= 0.6 is 0 Å². The van der Waals surface area contributed by atoms with Crippen LogP contribution in [0.25, 0.3) is 21.5 Å². The molecule has 8 heteroatoms. The van der Waals surface area contributed by atoms with Gasteiger partial charge in [-0.1, -0.05) is 48.5 Å². The summed E-state index contributed by atoms with van der Waals surface area (Å²) < 4.78 is 62.5. The maximum atomic E-state index is 13.7. The lowest BCUT2D eigenvalue weighted by Crippen LogP contribution is -2.42. The normalized spacial score (nSPS) is 13.7. The molecule has 0 aromatic heterocycles. The molecular weight excluding hydrogens is 366 g/mol. The molecule has 26 heavy (non-hydrogen) atoms. The summed E-state index contributed by atoms with van der Waals surface area (Å²) in [6.45, 7) is 0.707. The van der Waals surface area contributed by atoms with Crippen molar-refractivity contribution in [2.45, 2.75) is 18.3 Å². The number of benzene rings is 3. The summed E-state index contributed by atoms with van der Waals surface area (Å²) in [5, 5.41) is -2.25. The maximum Gasteiger partial charge on any atom is 0.405 e. The van der Waals surface area contributed by atoms with E-state index in [9.17, 15) is 22.0 Å². The predicted octanol–water partition coefficient (Wildman–Crippen LogP) is 4.02. The Bertz CT molecular complexity index is 1050. The SMILES string of the molecule is CC(OC(=O)c1c2ccccc2cc2ccccc12)C(F)(F)S(=O)(=O)O. The van der Waals surface area contributed by atoms with Crippen LogP contribution in [-0.4, -0.2) is 30.3 Å². The summed E-state index contributed by atoms with van der Waals surface area (Å²) in [7, 11) is -5.72. The van der Waals surface area contributed by atoms with Crippen LogP contribution in [0.2, 0.25) is 0 Å². The Morgan fingerprint density at radius 3 is 1.96 bits per heavy atom. The lowest BCUT2D eigenvalue weighted by Gasteiger charge is -2.21. The van der Waals surface area contributed by atoms with E-state index in [4.69, 9.17) is 9.29 Å². The Morgan fingerprint density at radius 1 is 1.04 bits per heavy atom. The third-order valence-corrected chi connectivity index (χ3v) is 5.10. The van der Waals surface area contributed by atoms with Crippen LogP contribution < -0.4 is 0 Å². The van der Waals surface area contributed by atoms with Crippen molar-refractivity contribution in [3.63, 3.8) is 0 Å². The number of esters is 1. The van der Waals surface area contributed by atoms with Crippen molar-refractivity contribution in [3.8, 4) is 0 Å². The van der Waals surface area contributed by atoms with Crippen LogP contribution in [0.15, 0.2) is 54.6 Å². The Morgan fingerprint density at radius 2 is 1.50 bits per heavy atom. The number of hydrogen-bond acceptors (Lipinski definition) is 4. The number of halogens is 2. The highest BCUT2D eigenvalue weighted by Gasteiger charge is 2.52. The van der Waals surface area contributed by atoms with Gasteiger partial charge in [0.15, 0.2) is 6.10 Å². The molecule has 0 aliphatic rings. The van der Waals surface area contributed by atoms with E-state index in [1.807, 2.05) is 6.07 Å². The first-order valence-corrected chi connectivity index (χ1v) is 9.03. The molecule has 0 amide bonds. The van der Waals surface area contributed by atoms with Crippen molar-refractivity contribution in [2.24, 2.45) is 0 Å². The maximum absolute atomic E-state index is 13.7. The van der Waals surface area contributed by atoms with E-state index >= 15 is 0 Å². The van der Waals surface area contributed by atoms with E-state index in [2.05, 4.69) is 0 Å². The smallest absolute Gasteiger partial charge is 0.405 e. The van der Waals surface area contributed by atoms with Crippen molar-refractivity contribution < 1.29 is 31.3 Å². The first-order valence-electron chi connectivity index (χ1n) is 7.59. The molecule has 0 saturated heterocycles. The van der Waals surface area contributed by atoms with Gasteiger partial charge < -0.3 is 4.74 Å². The lowest BCUT2D eigenvalue weighted by molar-refractivity contribution is -0.0547. The molecule has 3 rings (SSSR count). The highest BCUT2D eigenvalue weighted by atomic mass is 32.2. The van der Waals surface area contributed by atoms with Gasteiger partial charge in [0.1, 0.15) is 0 Å². The Balaban J connectivity index is 2.13. The molecule has 1 unspecified atom stereocenters. The average molecular weight is 380 g/mol. The Kier molecular flexibility index (Phi) is 4.41. The molecule has 3 aromatic carbocycles. The van der Waals surface area contributed by atoms with Crippen LogP contribution in [-0.2, 0) is 14.9 Å². The van der Waals surface area contributed by atoms with Gasteiger partial charge in [-0.05, 0) is 34.5 Å². The largest absolute Gasteiger partial charge is 0.451 e. The molecule has 1 atom stereocenters. The highest BCUT2D eigenvalue weighted by Crippen LogP contribution is 2.32. The molecule has 0 aliphatic heterocycles. The Hall–Kier alpha value is -2.58. The van der Waals surface area contributed by atoms with Gasteiger partial charge in [0, 0.05) is 0 Å². The van der Waals surface area contributed by atoms with E-state index in [0.29, 0.717) is 28.5 Å². The summed E-state index contributed by atoms with van der Waals surface area (Å²) >= 11 is 0. The van der Waals surface area contributed by atoms with Gasteiger partial charge in [0.25, 0.3) is 0 Å². The fourth-order valence-corrected chi connectivity index (χ4v) is 3.20. The zero-order valence-corrected chi connectivity index (χ0v) is 14.3. The van der Waals surface area contributed by atoms with Gasteiger partial charge in [0.2, 0.25) is 0 Å². The number of carbonyl (C=O) groups is 1.